The van der Waals surface area contributed by atoms with Crippen LogP contribution in [0.1, 0.15) is 40.7 Å². The number of halogens is 1. The summed E-state index contributed by atoms with van der Waals surface area (Å²) < 4.78 is 19.5. The third-order valence-corrected chi connectivity index (χ3v) is 6.03. The van der Waals surface area contributed by atoms with Crippen LogP contribution in [0.15, 0.2) is 66.7 Å². The minimum Gasteiger partial charge on any atom is -0.449 e. The van der Waals surface area contributed by atoms with Gasteiger partial charge in [-0.15, -0.1) is 0 Å². The Hall–Kier alpha value is -3.26. The Bertz CT molecular complexity index is 1090. The number of nitrogens with one attached hydrogen (secondary N) is 1. The number of alkyl carbamates (subject to hydrolysis) is 1. The monoisotopic (exact) mass is 450 g/mol. The number of rotatable bonds is 8. The lowest BCUT2D eigenvalue weighted by Gasteiger charge is -2.20. The van der Waals surface area contributed by atoms with Crippen LogP contribution in [0.4, 0.5) is 9.18 Å². The first-order valence-corrected chi connectivity index (χ1v) is 10.9. The number of benzene rings is 3. The number of hydrogen-bond acceptors (Lipinski definition) is 5. The van der Waals surface area contributed by atoms with Gasteiger partial charge in [0.25, 0.3) is 0 Å². The van der Waals surface area contributed by atoms with Crippen LogP contribution in [0, 0.1) is 5.82 Å². The van der Waals surface area contributed by atoms with Gasteiger partial charge >= 0.3 is 6.09 Å². The van der Waals surface area contributed by atoms with Gasteiger partial charge in [0.2, 0.25) is 0 Å². The van der Waals surface area contributed by atoms with Crippen molar-refractivity contribution in [2.75, 3.05) is 13.2 Å². The highest BCUT2D eigenvalue weighted by molar-refractivity contribution is 5.79. The molecule has 3 aromatic rings. The highest BCUT2D eigenvalue weighted by atomic mass is 19.1. The van der Waals surface area contributed by atoms with Crippen molar-refractivity contribution in [2.24, 2.45) is 5.73 Å². The van der Waals surface area contributed by atoms with Crippen molar-refractivity contribution in [3.05, 3.63) is 94.8 Å². The van der Waals surface area contributed by atoms with Crippen LogP contribution < -0.4 is 11.1 Å². The molecule has 1 aliphatic carbocycles. The van der Waals surface area contributed by atoms with Crippen LogP contribution in [-0.2, 0) is 11.3 Å². The zero-order valence-corrected chi connectivity index (χ0v) is 18.1. The Labute approximate surface area is 191 Å². The fourth-order valence-corrected chi connectivity index (χ4v) is 4.28. The van der Waals surface area contributed by atoms with Crippen LogP contribution in [0.25, 0.3) is 11.1 Å². The maximum absolute atomic E-state index is 14.0. The minimum atomic E-state index is -1.43. The van der Waals surface area contributed by atoms with Gasteiger partial charge in [0, 0.05) is 24.6 Å². The first-order chi connectivity index (χ1) is 16.0. The molecule has 4 rings (SSSR count). The van der Waals surface area contributed by atoms with Gasteiger partial charge in [-0.3, -0.25) is 0 Å². The SMILES string of the molecule is NCc1ccc(F)c(C(O)C(O)CCNC(=O)OCC2c3ccccc3-c3ccccc32)c1. The number of ether oxygens (including phenoxy) is 1. The van der Waals surface area contributed by atoms with Crippen molar-refractivity contribution in [1.82, 2.24) is 5.32 Å². The van der Waals surface area contributed by atoms with E-state index in [-0.39, 0.29) is 37.6 Å². The third-order valence-electron chi connectivity index (χ3n) is 6.03. The Balaban J connectivity index is 1.29. The van der Waals surface area contributed by atoms with Crippen LogP contribution in [0.5, 0.6) is 0 Å². The minimum absolute atomic E-state index is 0.0217. The normalized spacial score (nSPS) is 14.3. The van der Waals surface area contributed by atoms with Gasteiger partial charge < -0.3 is 26.0 Å². The Morgan fingerprint density at radius 2 is 1.67 bits per heavy atom. The lowest BCUT2D eigenvalue weighted by molar-refractivity contribution is 0.0116. The van der Waals surface area contributed by atoms with E-state index in [9.17, 15) is 19.4 Å². The summed E-state index contributed by atoms with van der Waals surface area (Å²) in [4.78, 5) is 12.2. The molecule has 0 saturated carbocycles. The van der Waals surface area contributed by atoms with Crippen molar-refractivity contribution < 1.29 is 24.1 Å². The molecule has 0 heterocycles. The smallest absolute Gasteiger partial charge is 0.407 e. The van der Waals surface area contributed by atoms with Crippen molar-refractivity contribution in [3.8, 4) is 11.1 Å². The molecule has 0 spiro atoms. The van der Waals surface area contributed by atoms with E-state index in [1.807, 2.05) is 36.4 Å². The maximum Gasteiger partial charge on any atom is 0.407 e. The van der Waals surface area contributed by atoms with Crippen molar-refractivity contribution in [3.63, 3.8) is 0 Å². The van der Waals surface area contributed by atoms with Gasteiger partial charge in [0.1, 0.15) is 18.5 Å². The van der Waals surface area contributed by atoms with E-state index >= 15 is 0 Å². The van der Waals surface area contributed by atoms with Crippen LogP contribution in [0.3, 0.4) is 0 Å². The number of nitrogens with two attached hydrogens (primary N) is 1. The number of hydrogen-bond donors (Lipinski definition) is 4. The van der Waals surface area contributed by atoms with E-state index in [0.29, 0.717) is 5.56 Å². The van der Waals surface area contributed by atoms with Gasteiger partial charge in [-0.25, -0.2) is 9.18 Å². The molecule has 33 heavy (non-hydrogen) atoms. The number of fused-ring (bicyclic) bond motifs is 3. The zero-order valence-electron chi connectivity index (χ0n) is 18.1. The number of aliphatic hydroxyl groups is 2. The highest BCUT2D eigenvalue weighted by Gasteiger charge is 2.29. The summed E-state index contributed by atoms with van der Waals surface area (Å²) in [6.07, 6.45) is -3.28. The second kappa shape index (κ2) is 10.1. The summed E-state index contributed by atoms with van der Waals surface area (Å²) in [6, 6.07) is 20.3. The lowest BCUT2D eigenvalue weighted by atomic mass is 9.98. The van der Waals surface area contributed by atoms with Crippen molar-refractivity contribution in [2.45, 2.75) is 31.1 Å². The van der Waals surface area contributed by atoms with E-state index in [4.69, 9.17) is 10.5 Å². The molecule has 0 aromatic heterocycles. The molecule has 0 saturated heterocycles. The molecule has 7 heteroatoms. The lowest BCUT2D eigenvalue weighted by Crippen LogP contribution is -2.31. The number of carbonyl (C=O) groups is 1. The van der Waals surface area contributed by atoms with Crippen LogP contribution >= 0.6 is 0 Å². The second-order valence-electron chi connectivity index (χ2n) is 8.11. The molecule has 1 aliphatic rings. The molecular formula is C26H27FN2O4. The number of carbonyl (C=O) groups excluding carboxylic acids is 1. The maximum atomic E-state index is 14.0. The molecule has 0 radical (unpaired) electrons. The molecular weight excluding hydrogens is 423 g/mol. The molecule has 172 valence electrons. The molecule has 1 amide bonds. The van der Waals surface area contributed by atoms with Gasteiger partial charge in [-0.1, -0.05) is 54.6 Å². The van der Waals surface area contributed by atoms with Gasteiger partial charge in [0.05, 0.1) is 6.10 Å². The Kier molecular flexibility index (Phi) is 7.03. The van der Waals surface area contributed by atoms with Gasteiger partial charge in [0.15, 0.2) is 0 Å². The zero-order chi connectivity index (χ0) is 23.4. The summed E-state index contributed by atoms with van der Waals surface area (Å²) >= 11 is 0. The van der Waals surface area contributed by atoms with Crippen molar-refractivity contribution in [1.29, 1.82) is 0 Å². The average Bonchev–Trinajstić information content (AvgIpc) is 3.16. The van der Waals surface area contributed by atoms with E-state index in [1.165, 1.54) is 18.2 Å². The van der Waals surface area contributed by atoms with E-state index in [0.717, 1.165) is 22.3 Å². The van der Waals surface area contributed by atoms with Crippen molar-refractivity contribution >= 4 is 6.09 Å². The first kappa shape index (κ1) is 22.9. The first-order valence-electron chi connectivity index (χ1n) is 10.9. The van der Waals surface area contributed by atoms with E-state index in [2.05, 4.69) is 17.4 Å². The quantitative estimate of drug-likeness (QED) is 0.420. The molecule has 2 atom stereocenters. The van der Waals surface area contributed by atoms with E-state index in [1.54, 1.807) is 0 Å². The molecule has 2 unspecified atom stereocenters. The summed E-state index contributed by atoms with van der Waals surface area (Å²) in [7, 11) is 0. The predicted molar refractivity (Wildman–Crippen MR) is 123 cm³/mol. The third kappa shape index (κ3) is 4.90. The molecule has 0 bridgehead atoms. The average molecular weight is 451 g/mol. The second-order valence-corrected chi connectivity index (χ2v) is 8.11. The Morgan fingerprint density at radius 3 is 2.30 bits per heavy atom. The van der Waals surface area contributed by atoms with Crippen LogP contribution in [0.2, 0.25) is 0 Å². The summed E-state index contributed by atoms with van der Waals surface area (Å²) in [5.41, 5.74) is 10.7. The molecule has 5 N–H and O–H groups in total. The predicted octanol–water partition coefficient (Wildman–Crippen LogP) is 3.61. The largest absolute Gasteiger partial charge is 0.449 e. The fraction of sp³-hybridized carbons (Fsp3) is 0.269. The standard InChI is InChI=1S/C26H27FN2O4/c27-23-10-9-16(14-28)13-21(23)25(31)24(30)11-12-29-26(32)33-15-22-19-7-3-1-5-17(19)18-6-2-4-8-20(18)22/h1-10,13,22,24-25,30-31H,11-12,14-15,28H2,(H,29,32). The summed E-state index contributed by atoms with van der Waals surface area (Å²) in [6.45, 7) is 0.439. The van der Waals surface area contributed by atoms with Crippen LogP contribution in [-0.4, -0.2) is 35.6 Å². The Morgan fingerprint density at radius 1 is 1.03 bits per heavy atom. The summed E-state index contributed by atoms with van der Waals surface area (Å²) in [5, 5.41) is 23.1. The topological polar surface area (TPSA) is 105 Å². The molecule has 0 aliphatic heterocycles. The van der Waals surface area contributed by atoms with Gasteiger partial charge in [-0.05, 0) is 46.4 Å². The highest BCUT2D eigenvalue weighted by Crippen LogP contribution is 2.44. The molecule has 6 nitrogen and oxygen atoms in total. The van der Waals surface area contributed by atoms with Gasteiger partial charge in [-0.2, -0.15) is 0 Å². The fourth-order valence-electron chi connectivity index (χ4n) is 4.28. The molecule has 3 aromatic carbocycles. The molecule has 0 fully saturated rings. The number of aliphatic hydroxyl groups excluding tert-OH is 2. The van der Waals surface area contributed by atoms with E-state index < -0.39 is 24.1 Å². The number of amides is 1. The summed E-state index contributed by atoms with van der Waals surface area (Å²) in [5.74, 6) is -0.670.